The van der Waals surface area contributed by atoms with Crippen molar-refractivity contribution in [3.05, 3.63) is 34.9 Å². The maximum atomic E-state index is 11.6. The predicted molar refractivity (Wildman–Crippen MR) is 55.2 cm³/mol. The largest absolute Gasteiger partial charge is 0.294 e. The molecule has 0 bridgehead atoms. The van der Waals surface area contributed by atoms with Crippen LogP contribution >= 0.6 is 11.6 Å². The molecule has 0 saturated carbocycles. The first kappa shape index (κ1) is 10.3. The fourth-order valence-electron chi connectivity index (χ4n) is 1.08. The van der Waals surface area contributed by atoms with E-state index in [-0.39, 0.29) is 11.7 Å². The Balaban J connectivity index is 2.83. The zero-order valence-corrected chi connectivity index (χ0v) is 8.64. The Bertz CT molecular complexity index is 289. The fraction of sp³-hybridized carbons (Fsp3) is 0.364. The number of carbonyl (C=O) groups excluding carboxylic acids is 1. The number of benzene rings is 1. The molecule has 1 aromatic rings. The highest BCUT2D eigenvalue weighted by Crippen LogP contribution is 2.14. The summed E-state index contributed by atoms with van der Waals surface area (Å²) in [5.41, 5.74) is 0.749. The van der Waals surface area contributed by atoms with Crippen LogP contribution in [0.4, 0.5) is 0 Å². The predicted octanol–water partition coefficient (Wildman–Crippen LogP) is 3.57. The van der Waals surface area contributed by atoms with E-state index in [1.807, 2.05) is 13.8 Å². The smallest absolute Gasteiger partial charge is 0.165 e. The molecule has 0 fully saturated rings. The number of hydrogen-bond donors (Lipinski definition) is 0. The number of halogens is 1. The highest BCUT2D eigenvalue weighted by Gasteiger charge is 2.12. The van der Waals surface area contributed by atoms with Crippen molar-refractivity contribution in [2.24, 2.45) is 5.92 Å². The monoisotopic (exact) mass is 196 g/mol. The summed E-state index contributed by atoms with van der Waals surface area (Å²) < 4.78 is 0. The van der Waals surface area contributed by atoms with Crippen LogP contribution in [0.25, 0.3) is 0 Å². The molecule has 0 amide bonds. The third-order valence-electron chi connectivity index (χ3n) is 2.19. The summed E-state index contributed by atoms with van der Waals surface area (Å²) in [5.74, 6) is 0.292. The lowest BCUT2D eigenvalue weighted by Crippen LogP contribution is -2.09. The number of carbonyl (C=O) groups is 1. The van der Waals surface area contributed by atoms with E-state index in [0.717, 1.165) is 12.0 Å². The molecule has 0 N–H and O–H groups in total. The Morgan fingerprint density at radius 2 is 1.92 bits per heavy atom. The summed E-state index contributed by atoms with van der Waals surface area (Å²) in [5, 5.41) is 0.667. The van der Waals surface area contributed by atoms with E-state index in [2.05, 4.69) is 0 Å². The van der Waals surface area contributed by atoms with Crippen molar-refractivity contribution < 1.29 is 4.79 Å². The summed E-state index contributed by atoms with van der Waals surface area (Å²) in [4.78, 5) is 11.6. The molecule has 0 spiro atoms. The molecule has 13 heavy (non-hydrogen) atoms. The van der Waals surface area contributed by atoms with Crippen LogP contribution in [0.1, 0.15) is 30.6 Å². The molecule has 0 aliphatic rings. The molecule has 0 aliphatic carbocycles. The third kappa shape index (κ3) is 2.56. The standard InChI is InChI=1S/C11H13ClO/c1-3-8(2)11(13)9-4-6-10(12)7-5-9/h4-8H,3H2,1-2H3. The molecule has 1 rings (SSSR count). The second-order valence-electron chi connectivity index (χ2n) is 3.18. The molecule has 70 valence electrons. The van der Waals surface area contributed by atoms with Gasteiger partial charge in [0.05, 0.1) is 0 Å². The van der Waals surface area contributed by atoms with Crippen LogP contribution in [0.5, 0.6) is 0 Å². The fourth-order valence-corrected chi connectivity index (χ4v) is 1.21. The van der Waals surface area contributed by atoms with Crippen LogP contribution in [-0.2, 0) is 0 Å². The average molecular weight is 197 g/mol. The van der Waals surface area contributed by atoms with Gasteiger partial charge in [-0.05, 0) is 30.7 Å². The van der Waals surface area contributed by atoms with Gasteiger partial charge in [0.2, 0.25) is 0 Å². The van der Waals surface area contributed by atoms with Gasteiger partial charge in [-0.3, -0.25) is 4.79 Å². The number of hydrogen-bond acceptors (Lipinski definition) is 1. The zero-order chi connectivity index (χ0) is 9.84. The van der Waals surface area contributed by atoms with Gasteiger partial charge in [-0.15, -0.1) is 0 Å². The molecule has 1 atom stereocenters. The van der Waals surface area contributed by atoms with Crippen LogP contribution in [0.2, 0.25) is 5.02 Å². The minimum Gasteiger partial charge on any atom is -0.294 e. The first-order valence-electron chi connectivity index (χ1n) is 4.45. The van der Waals surface area contributed by atoms with Gasteiger partial charge in [0, 0.05) is 16.5 Å². The Morgan fingerprint density at radius 3 is 2.38 bits per heavy atom. The van der Waals surface area contributed by atoms with Gasteiger partial charge in [0.25, 0.3) is 0 Å². The third-order valence-corrected chi connectivity index (χ3v) is 2.44. The molecule has 0 saturated heterocycles. The van der Waals surface area contributed by atoms with E-state index >= 15 is 0 Å². The highest BCUT2D eigenvalue weighted by molar-refractivity contribution is 6.30. The Hall–Kier alpha value is -0.820. The maximum Gasteiger partial charge on any atom is 0.165 e. The quantitative estimate of drug-likeness (QED) is 0.676. The molecule has 1 nitrogen and oxygen atoms in total. The summed E-state index contributed by atoms with van der Waals surface area (Å²) in [6, 6.07) is 7.04. The summed E-state index contributed by atoms with van der Waals surface area (Å²) in [6.07, 6.45) is 0.876. The van der Waals surface area contributed by atoms with Gasteiger partial charge in [-0.1, -0.05) is 25.4 Å². The van der Waals surface area contributed by atoms with Gasteiger partial charge in [0.1, 0.15) is 0 Å². The van der Waals surface area contributed by atoms with Gasteiger partial charge in [-0.25, -0.2) is 0 Å². The van der Waals surface area contributed by atoms with E-state index < -0.39 is 0 Å². The van der Waals surface area contributed by atoms with E-state index in [1.54, 1.807) is 24.3 Å². The number of Topliss-reactive ketones (excluding diaryl/α,β-unsaturated/α-hetero) is 1. The molecular formula is C11H13ClO. The number of rotatable bonds is 3. The first-order chi connectivity index (χ1) is 6.15. The second-order valence-corrected chi connectivity index (χ2v) is 3.62. The Kier molecular flexibility index (Phi) is 3.49. The molecular weight excluding hydrogens is 184 g/mol. The normalized spacial score (nSPS) is 12.5. The summed E-state index contributed by atoms with van der Waals surface area (Å²) in [7, 11) is 0. The number of ketones is 1. The van der Waals surface area contributed by atoms with Crippen LogP contribution < -0.4 is 0 Å². The van der Waals surface area contributed by atoms with E-state index in [4.69, 9.17) is 11.6 Å². The van der Waals surface area contributed by atoms with Crippen molar-refractivity contribution in [2.45, 2.75) is 20.3 Å². The minimum atomic E-state index is 0.0983. The van der Waals surface area contributed by atoms with Crippen LogP contribution in [-0.4, -0.2) is 5.78 Å². The average Bonchev–Trinajstić information content (AvgIpc) is 2.17. The highest BCUT2D eigenvalue weighted by atomic mass is 35.5. The Labute approximate surface area is 83.7 Å². The molecule has 0 aliphatic heterocycles. The van der Waals surface area contributed by atoms with Gasteiger partial charge >= 0.3 is 0 Å². The van der Waals surface area contributed by atoms with Crippen LogP contribution in [0, 0.1) is 5.92 Å². The van der Waals surface area contributed by atoms with E-state index in [0.29, 0.717) is 5.02 Å². The maximum absolute atomic E-state index is 11.6. The topological polar surface area (TPSA) is 17.1 Å². The van der Waals surface area contributed by atoms with Crippen molar-refractivity contribution in [2.75, 3.05) is 0 Å². The molecule has 0 heterocycles. The molecule has 1 unspecified atom stereocenters. The molecule has 0 aromatic heterocycles. The first-order valence-corrected chi connectivity index (χ1v) is 4.82. The second kappa shape index (κ2) is 4.43. The summed E-state index contributed by atoms with van der Waals surface area (Å²) in [6.45, 7) is 3.95. The van der Waals surface area contributed by atoms with Crippen molar-refractivity contribution in [3.8, 4) is 0 Å². The molecule has 1 aromatic carbocycles. The van der Waals surface area contributed by atoms with Crippen molar-refractivity contribution in [3.63, 3.8) is 0 Å². The van der Waals surface area contributed by atoms with Crippen LogP contribution in [0.3, 0.4) is 0 Å². The van der Waals surface area contributed by atoms with Gasteiger partial charge in [-0.2, -0.15) is 0 Å². The lowest BCUT2D eigenvalue weighted by Gasteiger charge is -2.06. The van der Waals surface area contributed by atoms with Crippen molar-refractivity contribution in [1.29, 1.82) is 0 Å². The zero-order valence-electron chi connectivity index (χ0n) is 7.88. The lowest BCUT2D eigenvalue weighted by molar-refractivity contribution is 0.0927. The van der Waals surface area contributed by atoms with Gasteiger partial charge < -0.3 is 0 Å². The minimum absolute atomic E-state index is 0.0983. The van der Waals surface area contributed by atoms with Gasteiger partial charge in [0.15, 0.2) is 5.78 Å². The van der Waals surface area contributed by atoms with Crippen molar-refractivity contribution in [1.82, 2.24) is 0 Å². The lowest BCUT2D eigenvalue weighted by atomic mass is 9.97. The molecule has 0 radical (unpaired) electrons. The van der Waals surface area contributed by atoms with E-state index in [1.165, 1.54) is 0 Å². The molecule has 2 heteroatoms. The van der Waals surface area contributed by atoms with Crippen LogP contribution in [0.15, 0.2) is 24.3 Å². The van der Waals surface area contributed by atoms with Crippen molar-refractivity contribution >= 4 is 17.4 Å². The summed E-state index contributed by atoms with van der Waals surface area (Å²) >= 11 is 5.72. The SMILES string of the molecule is CCC(C)C(=O)c1ccc(Cl)cc1. The van der Waals surface area contributed by atoms with E-state index in [9.17, 15) is 4.79 Å². The Morgan fingerprint density at radius 1 is 1.38 bits per heavy atom.